The minimum absolute atomic E-state index is 0. The van der Waals surface area contributed by atoms with Crippen molar-refractivity contribution in [2.75, 3.05) is 6.54 Å². The quantitative estimate of drug-likeness (QED) is 0.327. The fourth-order valence-electron chi connectivity index (χ4n) is 7.33. The Labute approximate surface area is 257 Å². The molecular weight excluding hydrogens is 573 g/mol. The molecule has 9 heteroatoms. The number of carboxylic acids is 1. The Hall–Kier alpha value is -2.90. The van der Waals surface area contributed by atoms with Gasteiger partial charge in [0, 0.05) is 27.7 Å². The fourth-order valence-corrected chi connectivity index (χ4v) is 7.86. The number of amides is 2. The van der Waals surface area contributed by atoms with Gasteiger partial charge in [0.1, 0.15) is 11.4 Å². The minimum atomic E-state index is -0.957. The molecule has 3 fully saturated rings. The third-order valence-corrected chi connectivity index (χ3v) is 9.82. The Kier molecular flexibility index (Phi) is 9.00. The van der Waals surface area contributed by atoms with E-state index >= 15 is 0 Å². The number of carbonyl (C=O) groups excluding carboxylic acids is 2. The molecule has 2 N–H and O–H groups in total. The molecule has 2 aromatic rings. The summed E-state index contributed by atoms with van der Waals surface area (Å²) in [5, 5.41) is 12.5. The highest BCUT2D eigenvalue weighted by molar-refractivity contribution is 6.47. The van der Waals surface area contributed by atoms with Gasteiger partial charge in [0.05, 0.1) is 12.5 Å². The highest BCUT2D eigenvalue weighted by atomic mass is 35.5. The largest absolute Gasteiger partial charge is 0.481 e. The summed E-state index contributed by atoms with van der Waals surface area (Å²) in [5.74, 6) is 0.229. The Balaban J connectivity index is 0.00000353. The molecule has 6 rings (SSSR count). The van der Waals surface area contributed by atoms with E-state index in [1.807, 2.05) is 12.1 Å². The molecule has 1 spiro atoms. The van der Waals surface area contributed by atoms with Crippen LogP contribution in [-0.2, 0) is 9.59 Å². The standard InChI is InChI=1S/C32H35Cl2N3O4.CH4/c33-25-15-24(16-26(34)17-25)28-31(41)37(32(36-28)13-11-19-3-1-2-4-23(19)18-32)29(20-5-6-20)21-7-9-22(10-8-21)30(40)35-14-12-27(38)39;/h7-10,15-17,19-20,23,29H,1-6,11-14,18H2,(H,35,40)(H,38,39);1H4/t19?,23?,29-,32?;/m1./s1. The summed E-state index contributed by atoms with van der Waals surface area (Å²) in [6, 6.07) is 12.5. The molecule has 0 bridgehead atoms. The van der Waals surface area contributed by atoms with Gasteiger partial charge in [0.25, 0.3) is 11.8 Å². The van der Waals surface area contributed by atoms with Crippen molar-refractivity contribution in [2.24, 2.45) is 22.7 Å². The maximum Gasteiger partial charge on any atom is 0.305 e. The van der Waals surface area contributed by atoms with Crippen LogP contribution in [0.25, 0.3) is 0 Å². The lowest BCUT2D eigenvalue weighted by atomic mass is 9.67. The summed E-state index contributed by atoms with van der Waals surface area (Å²) in [5.41, 5.74) is 1.93. The Morgan fingerprint density at radius 2 is 1.67 bits per heavy atom. The zero-order valence-corrected chi connectivity index (χ0v) is 24.5. The molecule has 4 atom stereocenters. The fraction of sp³-hybridized carbons (Fsp3) is 0.515. The highest BCUT2D eigenvalue weighted by Crippen LogP contribution is 2.55. The molecule has 7 nitrogen and oxygen atoms in total. The van der Waals surface area contributed by atoms with E-state index in [2.05, 4.69) is 10.2 Å². The van der Waals surface area contributed by atoms with Gasteiger partial charge in [-0.3, -0.25) is 19.4 Å². The first-order chi connectivity index (χ1) is 19.7. The molecule has 3 saturated carbocycles. The van der Waals surface area contributed by atoms with Crippen LogP contribution in [0.1, 0.15) is 99.2 Å². The zero-order chi connectivity index (χ0) is 28.7. The van der Waals surface area contributed by atoms with Crippen molar-refractivity contribution in [1.82, 2.24) is 10.2 Å². The molecule has 4 aliphatic rings. The van der Waals surface area contributed by atoms with Crippen molar-refractivity contribution in [3.63, 3.8) is 0 Å². The number of fused-ring (bicyclic) bond motifs is 1. The van der Waals surface area contributed by atoms with Crippen LogP contribution in [0, 0.1) is 17.8 Å². The van der Waals surface area contributed by atoms with Crippen LogP contribution in [0.5, 0.6) is 0 Å². The third-order valence-electron chi connectivity index (χ3n) is 9.38. The average molecular weight is 613 g/mol. The minimum Gasteiger partial charge on any atom is -0.481 e. The van der Waals surface area contributed by atoms with Crippen LogP contribution in [0.2, 0.25) is 10.0 Å². The number of halogens is 2. The van der Waals surface area contributed by atoms with Crippen LogP contribution >= 0.6 is 23.2 Å². The van der Waals surface area contributed by atoms with E-state index in [0.717, 1.165) is 37.7 Å². The SMILES string of the molecule is C.O=C(O)CCNC(=O)c1ccc([C@@H](C2CC2)N2C(=O)C(c3cc(Cl)cc(Cl)c3)=NC23CCC2CCCCC2C3)cc1. The molecule has 2 aromatic carbocycles. The first kappa shape index (κ1) is 30.6. The summed E-state index contributed by atoms with van der Waals surface area (Å²) >= 11 is 12.7. The van der Waals surface area contributed by atoms with Crippen LogP contribution in [0.3, 0.4) is 0 Å². The summed E-state index contributed by atoms with van der Waals surface area (Å²) in [6.45, 7) is 0.0706. The van der Waals surface area contributed by atoms with Crippen LogP contribution < -0.4 is 5.32 Å². The first-order valence-electron chi connectivity index (χ1n) is 14.7. The summed E-state index contributed by atoms with van der Waals surface area (Å²) in [6.07, 6.45) is 9.67. The van der Waals surface area contributed by atoms with E-state index in [9.17, 15) is 14.4 Å². The lowest BCUT2D eigenvalue weighted by molar-refractivity contribution is -0.137. The molecule has 224 valence electrons. The van der Waals surface area contributed by atoms with Gasteiger partial charge in [-0.2, -0.15) is 0 Å². The number of carboxylic acid groups (broad SMARTS) is 1. The number of carbonyl (C=O) groups is 3. The van der Waals surface area contributed by atoms with Gasteiger partial charge < -0.3 is 15.3 Å². The van der Waals surface area contributed by atoms with Gasteiger partial charge in [-0.1, -0.05) is 68.4 Å². The number of aliphatic imine (C=N–C) groups is 1. The molecule has 42 heavy (non-hydrogen) atoms. The lowest BCUT2D eigenvalue weighted by Gasteiger charge is -2.49. The molecule has 1 aliphatic heterocycles. The molecule has 3 aliphatic carbocycles. The van der Waals surface area contributed by atoms with Gasteiger partial charge in [-0.25, -0.2) is 0 Å². The van der Waals surface area contributed by atoms with Crippen molar-refractivity contribution >= 4 is 46.7 Å². The maximum atomic E-state index is 14.5. The molecule has 3 unspecified atom stereocenters. The Morgan fingerprint density at radius 1 is 1.00 bits per heavy atom. The number of rotatable bonds is 8. The summed E-state index contributed by atoms with van der Waals surface area (Å²) in [7, 11) is 0. The number of aliphatic carboxylic acids is 1. The first-order valence-corrected chi connectivity index (χ1v) is 15.5. The second-order valence-electron chi connectivity index (χ2n) is 12.1. The van der Waals surface area contributed by atoms with Crippen molar-refractivity contribution in [1.29, 1.82) is 0 Å². The van der Waals surface area contributed by atoms with E-state index in [0.29, 0.717) is 44.6 Å². The number of nitrogens with zero attached hydrogens (tertiary/aromatic N) is 2. The maximum absolute atomic E-state index is 14.5. The van der Waals surface area contributed by atoms with Gasteiger partial charge >= 0.3 is 5.97 Å². The topological polar surface area (TPSA) is 99.1 Å². The zero-order valence-electron chi connectivity index (χ0n) is 23.0. The summed E-state index contributed by atoms with van der Waals surface area (Å²) in [4.78, 5) is 45.2. The Bertz CT molecular complexity index is 1370. The van der Waals surface area contributed by atoms with E-state index in [1.54, 1.807) is 30.3 Å². The molecule has 2 amide bonds. The highest BCUT2D eigenvalue weighted by Gasteiger charge is 2.56. The predicted octanol–water partition coefficient (Wildman–Crippen LogP) is 7.30. The average Bonchev–Trinajstić information content (AvgIpc) is 3.75. The second kappa shape index (κ2) is 12.4. The second-order valence-corrected chi connectivity index (χ2v) is 13.0. The van der Waals surface area contributed by atoms with Gasteiger partial charge in [0.15, 0.2) is 0 Å². The number of hydrogen-bond acceptors (Lipinski definition) is 4. The number of benzene rings is 2. The molecule has 1 heterocycles. The molecule has 0 radical (unpaired) electrons. The van der Waals surface area contributed by atoms with Crippen molar-refractivity contribution in [3.8, 4) is 0 Å². The monoisotopic (exact) mass is 611 g/mol. The third kappa shape index (κ3) is 6.09. The van der Waals surface area contributed by atoms with Crippen molar-refractivity contribution in [2.45, 2.75) is 83.3 Å². The van der Waals surface area contributed by atoms with E-state index in [-0.39, 0.29) is 38.2 Å². The molecule has 0 saturated heterocycles. The van der Waals surface area contributed by atoms with Crippen LogP contribution in [-0.4, -0.2) is 45.7 Å². The smallest absolute Gasteiger partial charge is 0.305 e. The van der Waals surface area contributed by atoms with Crippen LogP contribution in [0.15, 0.2) is 47.5 Å². The molecule has 0 aromatic heterocycles. The normalized spacial score (nSPS) is 25.8. The van der Waals surface area contributed by atoms with Gasteiger partial charge in [0.2, 0.25) is 0 Å². The van der Waals surface area contributed by atoms with Crippen molar-refractivity contribution in [3.05, 3.63) is 69.2 Å². The van der Waals surface area contributed by atoms with E-state index in [4.69, 9.17) is 33.3 Å². The number of nitrogens with one attached hydrogen (secondary N) is 1. The van der Waals surface area contributed by atoms with Gasteiger partial charge in [-0.15, -0.1) is 0 Å². The van der Waals surface area contributed by atoms with E-state index in [1.165, 1.54) is 25.7 Å². The van der Waals surface area contributed by atoms with Crippen molar-refractivity contribution < 1.29 is 19.5 Å². The Morgan fingerprint density at radius 3 is 2.31 bits per heavy atom. The van der Waals surface area contributed by atoms with Gasteiger partial charge in [-0.05, 0) is 85.8 Å². The number of hydrogen-bond donors (Lipinski definition) is 2. The van der Waals surface area contributed by atoms with Crippen LogP contribution in [0.4, 0.5) is 0 Å². The summed E-state index contributed by atoms with van der Waals surface area (Å²) < 4.78 is 0. The molecular formula is C33H39Cl2N3O4. The predicted molar refractivity (Wildman–Crippen MR) is 165 cm³/mol. The van der Waals surface area contributed by atoms with E-state index < -0.39 is 11.6 Å². The lowest BCUT2D eigenvalue weighted by Crippen LogP contribution is -2.53.